The zero-order chi connectivity index (χ0) is 14.3. The van der Waals surface area contributed by atoms with Crippen molar-refractivity contribution < 1.29 is 14.3 Å². The van der Waals surface area contributed by atoms with Crippen LogP contribution in [0.15, 0.2) is 12.1 Å². The fourth-order valence-corrected chi connectivity index (χ4v) is 2.78. The van der Waals surface area contributed by atoms with Gasteiger partial charge in [-0.15, -0.1) is 0 Å². The van der Waals surface area contributed by atoms with Crippen LogP contribution in [0.1, 0.15) is 30.1 Å². The van der Waals surface area contributed by atoms with Crippen LogP contribution in [-0.2, 0) is 0 Å². The van der Waals surface area contributed by atoms with Gasteiger partial charge in [-0.2, -0.15) is 0 Å². The standard InChI is InChI=1S/C15H18ClNO3/c1-9(10-3-4-10)17(2)15(18)11-7-12(16)14-13(8-11)19-5-6-20-14/h7-10H,3-6H2,1-2H3/t9-/m1/s1. The zero-order valence-corrected chi connectivity index (χ0v) is 12.4. The molecule has 108 valence electrons. The predicted octanol–water partition coefficient (Wildman–Crippen LogP) is 2.98. The van der Waals surface area contributed by atoms with E-state index in [9.17, 15) is 4.79 Å². The summed E-state index contributed by atoms with van der Waals surface area (Å²) in [5, 5.41) is 0.429. The predicted molar refractivity (Wildman–Crippen MR) is 76.7 cm³/mol. The molecule has 1 aromatic rings. The molecule has 1 heterocycles. The maximum Gasteiger partial charge on any atom is 0.254 e. The summed E-state index contributed by atoms with van der Waals surface area (Å²) in [6.45, 7) is 3.06. The lowest BCUT2D eigenvalue weighted by molar-refractivity contribution is 0.0726. The molecule has 2 aliphatic rings. The summed E-state index contributed by atoms with van der Waals surface area (Å²) in [4.78, 5) is 14.3. The molecule has 1 fully saturated rings. The van der Waals surface area contributed by atoms with Crippen molar-refractivity contribution in [2.75, 3.05) is 20.3 Å². The Morgan fingerprint density at radius 2 is 2.05 bits per heavy atom. The van der Waals surface area contributed by atoms with E-state index in [0.29, 0.717) is 41.2 Å². The molecule has 4 nitrogen and oxygen atoms in total. The fraction of sp³-hybridized carbons (Fsp3) is 0.533. The molecule has 1 aromatic carbocycles. The smallest absolute Gasteiger partial charge is 0.254 e. The zero-order valence-electron chi connectivity index (χ0n) is 11.7. The number of ether oxygens (including phenoxy) is 2. The van der Waals surface area contributed by atoms with Crippen LogP contribution in [0, 0.1) is 5.92 Å². The van der Waals surface area contributed by atoms with Gasteiger partial charge in [0.05, 0.1) is 5.02 Å². The molecule has 1 saturated carbocycles. The van der Waals surface area contributed by atoms with Gasteiger partial charge in [-0.1, -0.05) is 11.6 Å². The Kier molecular flexibility index (Phi) is 3.50. The van der Waals surface area contributed by atoms with Crippen LogP contribution < -0.4 is 9.47 Å². The van der Waals surface area contributed by atoms with Gasteiger partial charge in [0, 0.05) is 18.7 Å². The number of rotatable bonds is 3. The number of amides is 1. The van der Waals surface area contributed by atoms with E-state index in [-0.39, 0.29) is 11.9 Å². The molecule has 1 aliphatic heterocycles. The lowest BCUT2D eigenvalue weighted by Crippen LogP contribution is -2.36. The number of halogens is 1. The number of nitrogens with zero attached hydrogens (tertiary/aromatic N) is 1. The average molecular weight is 296 g/mol. The molecule has 0 N–H and O–H groups in total. The van der Waals surface area contributed by atoms with E-state index in [4.69, 9.17) is 21.1 Å². The Balaban J connectivity index is 1.85. The van der Waals surface area contributed by atoms with E-state index in [1.807, 2.05) is 7.05 Å². The maximum absolute atomic E-state index is 12.5. The van der Waals surface area contributed by atoms with E-state index in [2.05, 4.69) is 6.92 Å². The number of hydrogen-bond donors (Lipinski definition) is 0. The third-order valence-corrected chi connectivity index (χ3v) is 4.36. The van der Waals surface area contributed by atoms with Crippen LogP contribution in [0.3, 0.4) is 0 Å². The first-order valence-electron chi connectivity index (χ1n) is 6.94. The van der Waals surface area contributed by atoms with Gasteiger partial charge in [0.2, 0.25) is 0 Å². The minimum atomic E-state index is -0.0247. The normalized spacial score (nSPS) is 18.6. The molecule has 0 unspecified atom stereocenters. The monoisotopic (exact) mass is 295 g/mol. The molecule has 5 heteroatoms. The highest BCUT2D eigenvalue weighted by molar-refractivity contribution is 6.32. The quantitative estimate of drug-likeness (QED) is 0.860. The Hall–Kier alpha value is -1.42. The summed E-state index contributed by atoms with van der Waals surface area (Å²) in [5.41, 5.74) is 0.550. The number of benzene rings is 1. The van der Waals surface area contributed by atoms with Crippen LogP contribution in [0.4, 0.5) is 0 Å². The average Bonchev–Trinajstić information content (AvgIpc) is 3.29. The van der Waals surface area contributed by atoms with Gasteiger partial charge in [-0.3, -0.25) is 4.79 Å². The van der Waals surface area contributed by atoms with Crippen molar-refractivity contribution in [1.29, 1.82) is 0 Å². The highest BCUT2D eigenvalue weighted by Gasteiger charge is 2.33. The van der Waals surface area contributed by atoms with Crippen LogP contribution >= 0.6 is 11.6 Å². The first kappa shape index (κ1) is 13.6. The SMILES string of the molecule is C[C@H](C1CC1)N(C)C(=O)c1cc(Cl)c2c(c1)OCCO2. The first-order chi connectivity index (χ1) is 9.58. The topological polar surface area (TPSA) is 38.8 Å². The molecule has 3 rings (SSSR count). The van der Waals surface area contributed by atoms with Crippen LogP contribution in [-0.4, -0.2) is 37.1 Å². The van der Waals surface area contributed by atoms with Crippen molar-refractivity contribution in [3.05, 3.63) is 22.7 Å². The first-order valence-corrected chi connectivity index (χ1v) is 7.32. The second-order valence-corrected chi connectivity index (χ2v) is 5.88. The number of fused-ring (bicyclic) bond motifs is 1. The van der Waals surface area contributed by atoms with Gasteiger partial charge in [0.1, 0.15) is 13.2 Å². The Bertz CT molecular complexity index is 542. The second kappa shape index (κ2) is 5.17. The Morgan fingerprint density at radius 3 is 2.75 bits per heavy atom. The molecular weight excluding hydrogens is 278 g/mol. The summed E-state index contributed by atoms with van der Waals surface area (Å²) in [7, 11) is 1.84. The molecule has 0 aromatic heterocycles. The van der Waals surface area contributed by atoms with Crippen LogP contribution in [0.5, 0.6) is 11.5 Å². The largest absolute Gasteiger partial charge is 0.486 e. The van der Waals surface area contributed by atoms with Gasteiger partial charge in [0.25, 0.3) is 5.91 Å². The molecule has 1 aliphatic carbocycles. The molecule has 20 heavy (non-hydrogen) atoms. The van der Waals surface area contributed by atoms with E-state index < -0.39 is 0 Å². The van der Waals surface area contributed by atoms with Gasteiger partial charge in [0.15, 0.2) is 11.5 Å². The van der Waals surface area contributed by atoms with Crippen molar-refractivity contribution in [2.24, 2.45) is 5.92 Å². The van der Waals surface area contributed by atoms with E-state index in [1.165, 1.54) is 12.8 Å². The minimum absolute atomic E-state index is 0.0247. The second-order valence-electron chi connectivity index (χ2n) is 5.48. The van der Waals surface area contributed by atoms with Crippen molar-refractivity contribution in [2.45, 2.75) is 25.8 Å². The minimum Gasteiger partial charge on any atom is -0.486 e. The maximum atomic E-state index is 12.5. The van der Waals surface area contributed by atoms with Gasteiger partial charge < -0.3 is 14.4 Å². The molecule has 0 spiro atoms. The molecule has 1 amide bonds. The van der Waals surface area contributed by atoms with Gasteiger partial charge >= 0.3 is 0 Å². The van der Waals surface area contributed by atoms with Crippen molar-refractivity contribution in [3.63, 3.8) is 0 Å². The highest BCUT2D eigenvalue weighted by Crippen LogP contribution is 2.39. The molecule has 0 radical (unpaired) electrons. The van der Waals surface area contributed by atoms with Crippen molar-refractivity contribution in [1.82, 2.24) is 4.90 Å². The third kappa shape index (κ3) is 2.44. The number of hydrogen-bond acceptors (Lipinski definition) is 3. The van der Waals surface area contributed by atoms with E-state index in [0.717, 1.165) is 0 Å². The molecule has 0 bridgehead atoms. The van der Waals surface area contributed by atoms with Crippen molar-refractivity contribution in [3.8, 4) is 11.5 Å². The molecular formula is C15H18ClNO3. The van der Waals surface area contributed by atoms with E-state index >= 15 is 0 Å². The summed E-state index contributed by atoms with van der Waals surface area (Å²) < 4.78 is 11.0. The fourth-order valence-electron chi connectivity index (χ4n) is 2.52. The molecule has 0 saturated heterocycles. The Labute approximate surface area is 123 Å². The van der Waals surface area contributed by atoms with Crippen LogP contribution in [0.25, 0.3) is 0 Å². The number of carbonyl (C=O) groups is 1. The van der Waals surface area contributed by atoms with Crippen LogP contribution in [0.2, 0.25) is 5.02 Å². The van der Waals surface area contributed by atoms with Crippen molar-refractivity contribution >= 4 is 17.5 Å². The molecule has 1 atom stereocenters. The van der Waals surface area contributed by atoms with Gasteiger partial charge in [-0.25, -0.2) is 0 Å². The summed E-state index contributed by atoms with van der Waals surface area (Å²) in [6.07, 6.45) is 2.42. The lowest BCUT2D eigenvalue weighted by atomic mass is 10.1. The highest BCUT2D eigenvalue weighted by atomic mass is 35.5. The lowest BCUT2D eigenvalue weighted by Gasteiger charge is -2.26. The number of carbonyl (C=O) groups excluding carboxylic acids is 1. The third-order valence-electron chi connectivity index (χ3n) is 4.08. The van der Waals surface area contributed by atoms with E-state index in [1.54, 1.807) is 17.0 Å². The Morgan fingerprint density at radius 1 is 1.35 bits per heavy atom. The summed E-state index contributed by atoms with van der Waals surface area (Å²) in [6, 6.07) is 3.64. The van der Waals surface area contributed by atoms with Gasteiger partial charge in [-0.05, 0) is 37.8 Å². The summed E-state index contributed by atoms with van der Waals surface area (Å²) >= 11 is 6.17. The summed E-state index contributed by atoms with van der Waals surface area (Å²) in [5.74, 6) is 1.70.